The van der Waals surface area contributed by atoms with E-state index in [4.69, 9.17) is 5.73 Å². The van der Waals surface area contributed by atoms with E-state index in [0.717, 1.165) is 6.42 Å². The molecule has 68 valence electrons. The normalized spacial score (nSPS) is 9.25. The Labute approximate surface area is 80.4 Å². The first kappa shape index (κ1) is 11.5. The summed E-state index contributed by atoms with van der Waals surface area (Å²) >= 11 is 0. The minimum atomic E-state index is 0. The van der Waals surface area contributed by atoms with E-state index in [0.29, 0.717) is 6.54 Å². The molecule has 0 aliphatic heterocycles. The zero-order valence-corrected chi connectivity index (χ0v) is 8.45. The maximum Gasteiger partial charge on any atom is 0.0180 e. The second kappa shape index (κ2) is 5.18. The van der Waals surface area contributed by atoms with Gasteiger partial charge in [0.15, 0.2) is 0 Å². The predicted molar refractivity (Wildman–Crippen MR) is 55.7 cm³/mol. The third kappa shape index (κ3) is 2.23. The van der Waals surface area contributed by atoms with Crippen molar-refractivity contribution in [1.82, 2.24) is 0 Å². The Balaban J connectivity index is 0.00000121. The molecule has 0 aliphatic carbocycles. The highest BCUT2D eigenvalue weighted by Crippen LogP contribution is 2.13. The highest BCUT2D eigenvalue weighted by Gasteiger charge is 1.99. The summed E-state index contributed by atoms with van der Waals surface area (Å²) in [6, 6.07) is 6.31. The molecular formula is C10H16ClN. The van der Waals surface area contributed by atoms with Gasteiger partial charge in [0, 0.05) is 6.54 Å². The van der Waals surface area contributed by atoms with E-state index in [1.807, 2.05) is 0 Å². The number of benzene rings is 1. The average Bonchev–Trinajstić information content (AvgIpc) is 2.04. The molecule has 0 bridgehead atoms. The van der Waals surface area contributed by atoms with Crippen molar-refractivity contribution in [2.24, 2.45) is 5.73 Å². The van der Waals surface area contributed by atoms with Crippen LogP contribution in [-0.4, -0.2) is 0 Å². The molecule has 2 N–H and O–H groups in total. The van der Waals surface area contributed by atoms with Gasteiger partial charge in [-0.2, -0.15) is 0 Å². The van der Waals surface area contributed by atoms with Gasteiger partial charge in [-0.3, -0.25) is 0 Å². The predicted octanol–water partition coefficient (Wildman–Crippen LogP) is 2.44. The van der Waals surface area contributed by atoms with Gasteiger partial charge >= 0.3 is 0 Å². The van der Waals surface area contributed by atoms with E-state index in [1.165, 1.54) is 16.7 Å². The third-order valence-electron chi connectivity index (χ3n) is 2.08. The fraction of sp³-hybridized carbons (Fsp3) is 0.400. The van der Waals surface area contributed by atoms with E-state index in [9.17, 15) is 0 Å². The quantitative estimate of drug-likeness (QED) is 0.753. The summed E-state index contributed by atoms with van der Waals surface area (Å²) in [6.07, 6.45) is 1.08. The van der Waals surface area contributed by atoms with E-state index < -0.39 is 0 Å². The lowest BCUT2D eigenvalue weighted by atomic mass is 10.00. The van der Waals surface area contributed by atoms with Crippen molar-refractivity contribution in [3.8, 4) is 0 Å². The molecule has 12 heavy (non-hydrogen) atoms. The molecule has 0 fully saturated rings. The van der Waals surface area contributed by atoms with Crippen molar-refractivity contribution >= 4 is 12.4 Å². The van der Waals surface area contributed by atoms with Crippen molar-refractivity contribution < 1.29 is 0 Å². The Morgan fingerprint density at radius 3 is 2.42 bits per heavy atom. The molecule has 0 saturated heterocycles. The Morgan fingerprint density at radius 1 is 1.33 bits per heavy atom. The fourth-order valence-electron chi connectivity index (χ4n) is 1.46. The molecule has 0 amide bonds. The lowest BCUT2D eigenvalue weighted by Gasteiger charge is -2.07. The SMILES string of the molecule is CCc1c(C)cccc1CN.Cl. The Hall–Kier alpha value is -0.530. The summed E-state index contributed by atoms with van der Waals surface area (Å²) in [7, 11) is 0. The first-order valence-corrected chi connectivity index (χ1v) is 4.07. The Morgan fingerprint density at radius 2 is 2.00 bits per heavy atom. The molecule has 0 unspecified atom stereocenters. The van der Waals surface area contributed by atoms with Crippen LogP contribution in [0.5, 0.6) is 0 Å². The van der Waals surface area contributed by atoms with Gasteiger partial charge in [-0.1, -0.05) is 25.1 Å². The standard InChI is InChI=1S/C10H15N.ClH/c1-3-10-8(2)5-4-6-9(10)7-11;/h4-6H,3,7,11H2,1-2H3;1H. The smallest absolute Gasteiger partial charge is 0.0180 e. The zero-order chi connectivity index (χ0) is 8.27. The molecule has 0 aliphatic rings. The van der Waals surface area contributed by atoms with Crippen LogP contribution in [0, 0.1) is 6.92 Å². The summed E-state index contributed by atoms with van der Waals surface area (Å²) in [5.41, 5.74) is 9.65. The summed E-state index contributed by atoms with van der Waals surface area (Å²) in [6.45, 7) is 4.96. The van der Waals surface area contributed by atoms with Gasteiger partial charge in [-0.15, -0.1) is 12.4 Å². The highest BCUT2D eigenvalue weighted by atomic mass is 35.5. The Bertz CT molecular complexity index is 246. The van der Waals surface area contributed by atoms with Crippen molar-refractivity contribution in [1.29, 1.82) is 0 Å². The highest BCUT2D eigenvalue weighted by molar-refractivity contribution is 5.85. The van der Waals surface area contributed by atoms with Crippen LogP contribution in [-0.2, 0) is 13.0 Å². The van der Waals surface area contributed by atoms with Gasteiger partial charge in [-0.05, 0) is 30.0 Å². The summed E-state index contributed by atoms with van der Waals surface area (Å²) < 4.78 is 0. The van der Waals surface area contributed by atoms with Gasteiger partial charge in [0.05, 0.1) is 0 Å². The second-order valence-corrected chi connectivity index (χ2v) is 2.77. The molecule has 1 nitrogen and oxygen atoms in total. The number of nitrogens with two attached hydrogens (primary N) is 1. The maximum atomic E-state index is 5.60. The molecule has 1 rings (SSSR count). The van der Waals surface area contributed by atoms with Gasteiger partial charge in [0.2, 0.25) is 0 Å². The van der Waals surface area contributed by atoms with E-state index in [1.54, 1.807) is 0 Å². The van der Waals surface area contributed by atoms with Crippen LogP contribution in [0.4, 0.5) is 0 Å². The van der Waals surface area contributed by atoms with Crippen molar-refractivity contribution in [2.45, 2.75) is 26.8 Å². The number of halogens is 1. The van der Waals surface area contributed by atoms with Gasteiger partial charge < -0.3 is 5.73 Å². The molecule has 0 radical (unpaired) electrons. The molecule has 0 aromatic heterocycles. The fourth-order valence-corrected chi connectivity index (χ4v) is 1.46. The van der Waals surface area contributed by atoms with Gasteiger partial charge in [0.1, 0.15) is 0 Å². The largest absolute Gasteiger partial charge is 0.326 e. The van der Waals surface area contributed by atoms with E-state index >= 15 is 0 Å². The number of hydrogen-bond acceptors (Lipinski definition) is 1. The minimum absolute atomic E-state index is 0. The van der Waals surface area contributed by atoms with Crippen LogP contribution in [0.2, 0.25) is 0 Å². The molecule has 1 aromatic rings. The third-order valence-corrected chi connectivity index (χ3v) is 2.08. The monoisotopic (exact) mass is 185 g/mol. The lowest BCUT2D eigenvalue weighted by Crippen LogP contribution is -2.02. The molecule has 0 heterocycles. The molecule has 2 heteroatoms. The van der Waals surface area contributed by atoms with Crippen LogP contribution in [0.25, 0.3) is 0 Å². The maximum absolute atomic E-state index is 5.60. The second-order valence-electron chi connectivity index (χ2n) is 2.77. The van der Waals surface area contributed by atoms with Gasteiger partial charge in [-0.25, -0.2) is 0 Å². The summed E-state index contributed by atoms with van der Waals surface area (Å²) in [5.74, 6) is 0. The number of hydrogen-bond donors (Lipinski definition) is 1. The Kier molecular flexibility index (Phi) is 4.95. The van der Waals surface area contributed by atoms with Gasteiger partial charge in [0.25, 0.3) is 0 Å². The van der Waals surface area contributed by atoms with Crippen molar-refractivity contribution in [3.05, 3.63) is 34.9 Å². The van der Waals surface area contributed by atoms with Crippen LogP contribution in [0.1, 0.15) is 23.6 Å². The summed E-state index contributed by atoms with van der Waals surface area (Å²) in [5, 5.41) is 0. The zero-order valence-electron chi connectivity index (χ0n) is 7.63. The first-order valence-electron chi connectivity index (χ1n) is 4.07. The molecule has 1 aromatic carbocycles. The molecule has 0 atom stereocenters. The molecule has 0 spiro atoms. The van der Waals surface area contributed by atoms with Crippen LogP contribution >= 0.6 is 12.4 Å². The number of rotatable bonds is 2. The number of aryl methyl sites for hydroxylation is 1. The molecule has 0 saturated carbocycles. The first-order chi connectivity index (χ1) is 5.29. The van der Waals surface area contributed by atoms with Crippen LogP contribution in [0.15, 0.2) is 18.2 Å². The minimum Gasteiger partial charge on any atom is -0.326 e. The van der Waals surface area contributed by atoms with Crippen LogP contribution < -0.4 is 5.73 Å². The van der Waals surface area contributed by atoms with E-state index in [-0.39, 0.29) is 12.4 Å². The van der Waals surface area contributed by atoms with Crippen molar-refractivity contribution in [3.63, 3.8) is 0 Å². The lowest BCUT2D eigenvalue weighted by molar-refractivity contribution is 0.989. The summed E-state index contributed by atoms with van der Waals surface area (Å²) in [4.78, 5) is 0. The average molecular weight is 186 g/mol. The van der Waals surface area contributed by atoms with E-state index in [2.05, 4.69) is 32.0 Å². The van der Waals surface area contributed by atoms with Crippen molar-refractivity contribution in [2.75, 3.05) is 0 Å². The van der Waals surface area contributed by atoms with Crippen LogP contribution in [0.3, 0.4) is 0 Å². The molecular weight excluding hydrogens is 170 g/mol. The topological polar surface area (TPSA) is 26.0 Å².